The minimum atomic E-state index is -3.90. The number of sulfone groups is 1. The van der Waals surface area contributed by atoms with Gasteiger partial charge in [0.2, 0.25) is 5.91 Å². The molecule has 24 heavy (non-hydrogen) atoms. The molecule has 0 spiro atoms. The number of amides is 1. The van der Waals surface area contributed by atoms with Crippen molar-refractivity contribution in [1.82, 2.24) is 5.32 Å². The van der Waals surface area contributed by atoms with Gasteiger partial charge in [0.25, 0.3) is 0 Å². The van der Waals surface area contributed by atoms with Crippen molar-refractivity contribution in [3.63, 3.8) is 0 Å². The molecule has 7 heteroatoms. The second-order valence-electron chi connectivity index (χ2n) is 5.78. The molecule has 0 aliphatic heterocycles. The zero-order valence-corrected chi connectivity index (χ0v) is 14.8. The van der Waals surface area contributed by atoms with E-state index in [1.165, 1.54) is 62.4 Å². The molecule has 1 amide bonds. The molecular weight excluding hydrogens is 353 g/mol. The number of rotatable bonds is 5. The molecule has 2 aromatic carbocycles. The second kappa shape index (κ2) is 6.91. The Morgan fingerprint density at radius 3 is 2.17 bits per heavy atom. The van der Waals surface area contributed by atoms with E-state index in [2.05, 4.69) is 5.32 Å². The third-order valence-electron chi connectivity index (χ3n) is 3.71. The van der Waals surface area contributed by atoms with Gasteiger partial charge in [-0.25, -0.2) is 12.8 Å². The average Bonchev–Trinajstić information content (AvgIpc) is 2.54. The Labute approximate surface area is 145 Å². The van der Waals surface area contributed by atoms with E-state index in [9.17, 15) is 17.6 Å². The Morgan fingerprint density at radius 2 is 1.62 bits per heavy atom. The van der Waals surface area contributed by atoms with Gasteiger partial charge in [-0.15, -0.1) is 0 Å². The van der Waals surface area contributed by atoms with Crippen LogP contribution in [0.4, 0.5) is 4.39 Å². The first kappa shape index (κ1) is 18.4. The summed E-state index contributed by atoms with van der Waals surface area (Å²) in [7, 11) is -3.90. The van der Waals surface area contributed by atoms with Crippen LogP contribution in [-0.4, -0.2) is 19.1 Å². The lowest BCUT2D eigenvalue weighted by Gasteiger charge is -2.24. The second-order valence-corrected chi connectivity index (χ2v) is 8.71. The van der Waals surface area contributed by atoms with E-state index in [-0.39, 0.29) is 17.3 Å². The fourth-order valence-corrected chi connectivity index (χ4v) is 3.55. The lowest BCUT2D eigenvalue weighted by atomic mass is 10.1. The maximum Gasteiger partial charge on any atom is 0.241 e. The summed E-state index contributed by atoms with van der Waals surface area (Å²) in [5.74, 6) is -1.02. The van der Waals surface area contributed by atoms with Crippen LogP contribution in [0.3, 0.4) is 0 Å². The van der Waals surface area contributed by atoms with E-state index >= 15 is 0 Å². The molecule has 0 saturated carbocycles. The molecule has 0 aliphatic rings. The Hall–Kier alpha value is -1.92. The molecule has 0 heterocycles. The zero-order chi connectivity index (χ0) is 18.0. The largest absolute Gasteiger partial charge is 0.351 e. The van der Waals surface area contributed by atoms with Crippen molar-refractivity contribution in [1.29, 1.82) is 0 Å². The maximum atomic E-state index is 12.9. The maximum absolute atomic E-state index is 12.9. The van der Waals surface area contributed by atoms with E-state index in [0.29, 0.717) is 10.6 Å². The van der Waals surface area contributed by atoms with Crippen LogP contribution in [-0.2, 0) is 21.2 Å². The van der Waals surface area contributed by atoms with Crippen LogP contribution >= 0.6 is 11.6 Å². The highest BCUT2D eigenvalue weighted by Gasteiger charge is 2.42. The molecule has 0 fully saturated rings. The van der Waals surface area contributed by atoms with Crippen molar-refractivity contribution in [3.05, 3.63) is 64.9 Å². The Balaban J connectivity index is 2.16. The minimum Gasteiger partial charge on any atom is -0.351 e. The van der Waals surface area contributed by atoms with Crippen LogP contribution in [0.2, 0.25) is 5.02 Å². The Morgan fingerprint density at radius 1 is 1.08 bits per heavy atom. The quantitative estimate of drug-likeness (QED) is 0.879. The van der Waals surface area contributed by atoms with Gasteiger partial charge >= 0.3 is 0 Å². The number of nitrogens with one attached hydrogen (secondary N) is 1. The molecule has 0 aliphatic carbocycles. The highest BCUT2D eigenvalue weighted by Crippen LogP contribution is 2.26. The summed E-state index contributed by atoms with van der Waals surface area (Å²) in [6, 6.07) is 11.3. The summed E-state index contributed by atoms with van der Waals surface area (Å²) in [6.45, 7) is 2.80. The Kier molecular flexibility index (Phi) is 5.30. The van der Waals surface area contributed by atoms with Crippen molar-refractivity contribution < 1.29 is 17.6 Å². The van der Waals surface area contributed by atoms with Crippen molar-refractivity contribution in [3.8, 4) is 0 Å². The van der Waals surface area contributed by atoms with Gasteiger partial charge in [0.1, 0.15) is 10.6 Å². The van der Waals surface area contributed by atoms with Crippen molar-refractivity contribution in [2.24, 2.45) is 0 Å². The van der Waals surface area contributed by atoms with Gasteiger partial charge < -0.3 is 5.32 Å². The molecule has 128 valence electrons. The molecule has 2 aromatic rings. The van der Waals surface area contributed by atoms with E-state index in [1.807, 2.05) is 0 Å². The predicted molar refractivity (Wildman–Crippen MR) is 91.0 cm³/mol. The lowest BCUT2D eigenvalue weighted by molar-refractivity contribution is -0.123. The third-order valence-corrected chi connectivity index (χ3v) is 6.38. The summed E-state index contributed by atoms with van der Waals surface area (Å²) in [5, 5.41) is 2.99. The van der Waals surface area contributed by atoms with Crippen molar-refractivity contribution >= 4 is 27.3 Å². The highest BCUT2D eigenvalue weighted by molar-refractivity contribution is 7.93. The molecule has 0 atom stereocenters. The first-order valence-corrected chi connectivity index (χ1v) is 9.03. The monoisotopic (exact) mass is 369 g/mol. The zero-order valence-electron chi connectivity index (χ0n) is 13.2. The van der Waals surface area contributed by atoms with E-state index in [0.717, 1.165) is 0 Å². The first-order valence-electron chi connectivity index (χ1n) is 7.17. The van der Waals surface area contributed by atoms with Crippen LogP contribution in [0.25, 0.3) is 0 Å². The number of benzene rings is 2. The first-order chi connectivity index (χ1) is 11.1. The molecule has 2 rings (SSSR count). The van der Waals surface area contributed by atoms with Gasteiger partial charge in [-0.3, -0.25) is 4.79 Å². The summed E-state index contributed by atoms with van der Waals surface area (Å²) in [5.41, 5.74) is 0.671. The van der Waals surface area contributed by atoms with Gasteiger partial charge in [-0.05, 0) is 55.8 Å². The molecule has 0 bridgehead atoms. The number of carbonyl (C=O) groups excluding carboxylic acids is 1. The summed E-state index contributed by atoms with van der Waals surface area (Å²) < 4.78 is 36.6. The van der Waals surface area contributed by atoms with Crippen molar-refractivity contribution in [2.75, 3.05) is 0 Å². The predicted octanol–water partition coefficient (Wildman–Crippen LogP) is 3.35. The smallest absolute Gasteiger partial charge is 0.241 e. The summed E-state index contributed by atoms with van der Waals surface area (Å²) >= 11 is 5.77. The van der Waals surface area contributed by atoms with Crippen LogP contribution in [0.5, 0.6) is 0 Å². The minimum absolute atomic E-state index is 0.0221. The standard InChI is InChI=1S/C17H17ClFNO3S/c1-17(2,24(22,23)15-9-5-13(18)6-10-15)16(21)20-11-12-3-7-14(19)8-4-12/h3-10H,11H2,1-2H3,(H,20,21). The van der Waals surface area contributed by atoms with Crippen LogP contribution in [0.1, 0.15) is 19.4 Å². The fraction of sp³-hybridized carbons (Fsp3) is 0.235. The van der Waals surface area contributed by atoms with Crippen LogP contribution in [0, 0.1) is 5.82 Å². The molecule has 0 saturated heterocycles. The van der Waals surface area contributed by atoms with Crippen molar-refractivity contribution in [2.45, 2.75) is 30.0 Å². The lowest BCUT2D eigenvalue weighted by Crippen LogP contribution is -2.47. The molecule has 0 aromatic heterocycles. The number of hydrogen-bond acceptors (Lipinski definition) is 3. The molecule has 1 N–H and O–H groups in total. The topological polar surface area (TPSA) is 63.2 Å². The van der Waals surface area contributed by atoms with E-state index in [4.69, 9.17) is 11.6 Å². The average molecular weight is 370 g/mol. The van der Waals surface area contributed by atoms with Gasteiger partial charge in [-0.2, -0.15) is 0 Å². The summed E-state index contributed by atoms with van der Waals surface area (Å²) in [6.07, 6.45) is 0. The Bertz CT molecular complexity index is 831. The molecule has 4 nitrogen and oxygen atoms in total. The summed E-state index contributed by atoms with van der Waals surface area (Å²) in [4.78, 5) is 12.4. The molecule has 0 unspecified atom stereocenters. The number of carbonyl (C=O) groups is 1. The van der Waals surface area contributed by atoms with Gasteiger partial charge in [-0.1, -0.05) is 23.7 Å². The van der Waals surface area contributed by atoms with Gasteiger partial charge in [0.05, 0.1) is 4.90 Å². The number of halogens is 2. The van der Waals surface area contributed by atoms with E-state index < -0.39 is 20.5 Å². The third kappa shape index (κ3) is 3.76. The van der Waals surface area contributed by atoms with E-state index in [1.54, 1.807) is 0 Å². The van der Waals surface area contributed by atoms with Gasteiger partial charge in [0.15, 0.2) is 9.84 Å². The van der Waals surface area contributed by atoms with Crippen LogP contribution in [0.15, 0.2) is 53.4 Å². The normalized spacial score (nSPS) is 12.0. The SMILES string of the molecule is CC(C)(C(=O)NCc1ccc(F)cc1)S(=O)(=O)c1ccc(Cl)cc1. The fourth-order valence-electron chi connectivity index (χ4n) is 2.03. The van der Waals surface area contributed by atoms with Crippen LogP contribution < -0.4 is 5.32 Å². The van der Waals surface area contributed by atoms with Gasteiger partial charge in [0, 0.05) is 11.6 Å². The molecular formula is C17H17ClFNO3S. The molecule has 0 radical (unpaired) electrons. The number of hydrogen-bond donors (Lipinski definition) is 1. The highest BCUT2D eigenvalue weighted by atomic mass is 35.5.